The highest BCUT2D eigenvalue weighted by atomic mass is 16.8. The van der Waals surface area contributed by atoms with E-state index in [0.29, 0.717) is 0 Å². The van der Waals surface area contributed by atoms with Gasteiger partial charge >= 0.3 is 18.1 Å². The van der Waals surface area contributed by atoms with E-state index in [2.05, 4.69) is 0 Å². The third-order valence-corrected chi connectivity index (χ3v) is 4.55. The van der Waals surface area contributed by atoms with E-state index in [0.717, 1.165) is 0 Å². The molecular weight excluding hydrogens is 280 g/mol. The summed E-state index contributed by atoms with van der Waals surface area (Å²) >= 11 is 0. The zero-order chi connectivity index (χ0) is 15.6. The van der Waals surface area contributed by atoms with Crippen LogP contribution in [0.3, 0.4) is 0 Å². The van der Waals surface area contributed by atoms with Crippen LogP contribution in [0.1, 0.15) is 27.7 Å². The lowest BCUT2D eigenvalue weighted by atomic mass is 9.56. The first-order valence-electron chi connectivity index (χ1n) is 6.90. The van der Waals surface area contributed by atoms with Gasteiger partial charge in [-0.2, -0.15) is 0 Å². The number of carbonyl (C=O) groups excluding carboxylic acids is 3. The van der Waals surface area contributed by atoms with Crippen LogP contribution in [0, 0.1) is 16.7 Å². The molecule has 0 aromatic carbocycles. The Morgan fingerprint density at radius 3 is 2.52 bits per heavy atom. The van der Waals surface area contributed by atoms with E-state index in [1.54, 1.807) is 27.7 Å². The summed E-state index contributed by atoms with van der Waals surface area (Å²) in [5.41, 5.74) is -1.33. The second-order valence-electron chi connectivity index (χ2n) is 6.99. The van der Waals surface area contributed by atoms with Crippen molar-refractivity contribution in [2.75, 3.05) is 6.61 Å². The van der Waals surface area contributed by atoms with Crippen molar-refractivity contribution in [2.24, 2.45) is 16.7 Å². The monoisotopic (exact) mass is 298 g/mol. The summed E-state index contributed by atoms with van der Waals surface area (Å²) in [7, 11) is 0. The minimum absolute atomic E-state index is 0.0460. The topological polar surface area (TPSA) is 88.1 Å². The molecule has 0 unspecified atom stereocenters. The van der Waals surface area contributed by atoms with Gasteiger partial charge in [-0.25, -0.2) is 4.79 Å². The summed E-state index contributed by atoms with van der Waals surface area (Å²) in [5, 5.41) is 0. The molecule has 3 fully saturated rings. The van der Waals surface area contributed by atoms with Crippen molar-refractivity contribution >= 4 is 18.1 Å². The van der Waals surface area contributed by atoms with Crippen molar-refractivity contribution in [1.82, 2.24) is 0 Å². The summed E-state index contributed by atoms with van der Waals surface area (Å²) in [4.78, 5) is 35.0. The molecular formula is C14H18O7. The van der Waals surface area contributed by atoms with Gasteiger partial charge in [-0.3, -0.25) is 9.59 Å². The molecule has 1 aliphatic carbocycles. The zero-order valence-electron chi connectivity index (χ0n) is 12.4. The van der Waals surface area contributed by atoms with Gasteiger partial charge in [0.15, 0.2) is 12.2 Å². The Kier molecular flexibility index (Phi) is 2.77. The Labute approximate surface area is 121 Å². The van der Waals surface area contributed by atoms with E-state index in [1.165, 1.54) is 0 Å². The van der Waals surface area contributed by atoms with E-state index in [1.807, 2.05) is 0 Å². The quantitative estimate of drug-likeness (QED) is 0.556. The first kappa shape index (κ1) is 14.2. The predicted octanol–water partition coefficient (Wildman–Crippen LogP) is 1.04. The minimum Gasteiger partial charge on any atom is -0.461 e. The van der Waals surface area contributed by atoms with Gasteiger partial charge in [0.25, 0.3) is 0 Å². The van der Waals surface area contributed by atoms with Crippen molar-refractivity contribution in [3.63, 3.8) is 0 Å². The molecule has 5 atom stereocenters. The van der Waals surface area contributed by atoms with Crippen molar-refractivity contribution < 1.29 is 33.3 Å². The highest BCUT2D eigenvalue weighted by molar-refractivity contribution is 5.81. The van der Waals surface area contributed by atoms with Gasteiger partial charge in [0.05, 0.1) is 10.8 Å². The Bertz CT molecular complexity index is 520. The molecule has 0 radical (unpaired) electrons. The fraction of sp³-hybridized carbons (Fsp3) is 0.786. The summed E-state index contributed by atoms with van der Waals surface area (Å²) in [5.74, 6) is -1.36. The molecule has 21 heavy (non-hydrogen) atoms. The lowest BCUT2D eigenvalue weighted by Crippen LogP contribution is -2.64. The molecule has 116 valence electrons. The van der Waals surface area contributed by atoms with Crippen LogP contribution in [0.15, 0.2) is 0 Å². The number of fused-ring (bicyclic) bond motifs is 4. The first-order chi connectivity index (χ1) is 9.65. The summed E-state index contributed by atoms with van der Waals surface area (Å²) < 4.78 is 20.6. The van der Waals surface area contributed by atoms with Crippen molar-refractivity contribution in [3.8, 4) is 0 Å². The molecule has 1 saturated carbocycles. The fourth-order valence-corrected chi connectivity index (χ4v) is 3.20. The second-order valence-corrected chi connectivity index (χ2v) is 6.99. The molecule has 3 rings (SSSR count). The van der Waals surface area contributed by atoms with E-state index in [-0.39, 0.29) is 12.6 Å². The fourth-order valence-electron chi connectivity index (χ4n) is 3.20. The van der Waals surface area contributed by atoms with Gasteiger partial charge in [0, 0.05) is 0 Å². The maximum absolute atomic E-state index is 11.9. The van der Waals surface area contributed by atoms with Gasteiger partial charge in [-0.15, -0.1) is 0 Å². The summed E-state index contributed by atoms with van der Waals surface area (Å²) in [6, 6.07) is 0. The van der Waals surface area contributed by atoms with Crippen LogP contribution < -0.4 is 0 Å². The Morgan fingerprint density at radius 1 is 1.24 bits per heavy atom. The normalized spacial score (nSPS) is 40.4. The molecule has 2 saturated heterocycles. The first-order valence-corrected chi connectivity index (χ1v) is 6.90. The van der Waals surface area contributed by atoms with Crippen LogP contribution in [-0.2, 0) is 28.5 Å². The van der Waals surface area contributed by atoms with Crippen molar-refractivity contribution in [1.29, 1.82) is 0 Å². The molecule has 0 aromatic heterocycles. The predicted molar refractivity (Wildman–Crippen MR) is 67.0 cm³/mol. The lowest BCUT2D eigenvalue weighted by molar-refractivity contribution is -0.168. The van der Waals surface area contributed by atoms with E-state index < -0.39 is 47.2 Å². The smallest absolute Gasteiger partial charge is 0.461 e. The van der Waals surface area contributed by atoms with Crippen LogP contribution in [0.4, 0.5) is 4.79 Å². The molecule has 7 heteroatoms. The third-order valence-electron chi connectivity index (χ3n) is 4.55. The number of ether oxygens (including phenoxy) is 4. The third kappa shape index (κ3) is 1.82. The van der Waals surface area contributed by atoms with E-state index in [9.17, 15) is 14.4 Å². The molecule has 0 amide bonds. The SMILES string of the molecule is CC(C)(C)C(=O)OC[C@H]1OC(=O)[C@@H]2[C@H]3OC(=O)O[C@H]3[C@@]21C. The van der Waals surface area contributed by atoms with Gasteiger partial charge in [-0.1, -0.05) is 6.92 Å². The number of carbonyl (C=O) groups is 3. The van der Waals surface area contributed by atoms with Crippen LogP contribution in [0.25, 0.3) is 0 Å². The Morgan fingerprint density at radius 2 is 1.90 bits per heavy atom. The van der Waals surface area contributed by atoms with Crippen LogP contribution in [0.5, 0.6) is 0 Å². The van der Waals surface area contributed by atoms with E-state index in [4.69, 9.17) is 18.9 Å². The number of rotatable bonds is 2. The number of cyclic esters (lactones) is 1. The molecule has 3 aliphatic rings. The maximum atomic E-state index is 11.9. The Hall–Kier alpha value is -1.79. The standard InChI is InChI=1S/C14H18O7/c1-13(2,3)11(16)18-5-6-14(4)7(10(15)19-6)8-9(14)21-12(17)20-8/h6-9H,5H2,1-4H3/t6-,7+,8-,9-,14-/m1/s1. The molecule has 2 heterocycles. The molecule has 7 nitrogen and oxygen atoms in total. The average Bonchev–Trinajstić information content (AvgIpc) is 2.80. The molecule has 0 spiro atoms. The van der Waals surface area contributed by atoms with Gasteiger partial charge < -0.3 is 18.9 Å². The average molecular weight is 298 g/mol. The zero-order valence-corrected chi connectivity index (χ0v) is 12.4. The maximum Gasteiger partial charge on any atom is 0.509 e. The summed E-state index contributed by atoms with van der Waals surface area (Å²) in [6.07, 6.45) is -2.51. The number of hydrogen-bond acceptors (Lipinski definition) is 7. The largest absolute Gasteiger partial charge is 0.509 e. The van der Waals surface area contributed by atoms with Gasteiger partial charge in [0.1, 0.15) is 18.6 Å². The Balaban J connectivity index is 1.72. The minimum atomic E-state index is -0.765. The van der Waals surface area contributed by atoms with Gasteiger partial charge in [-0.05, 0) is 20.8 Å². The van der Waals surface area contributed by atoms with Gasteiger partial charge in [0.2, 0.25) is 0 Å². The van der Waals surface area contributed by atoms with Crippen LogP contribution in [0.2, 0.25) is 0 Å². The molecule has 0 N–H and O–H groups in total. The van der Waals surface area contributed by atoms with Crippen molar-refractivity contribution in [3.05, 3.63) is 0 Å². The van der Waals surface area contributed by atoms with E-state index >= 15 is 0 Å². The van der Waals surface area contributed by atoms with Crippen molar-refractivity contribution in [2.45, 2.75) is 46.0 Å². The molecule has 0 aromatic rings. The second kappa shape index (κ2) is 4.11. The lowest BCUT2D eigenvalue weighted by Gasteiger charge is -2.47. The number of hydrogen-bond donors (Lipinski definition) is 0. The molecule has 2 aliphatic heterocycles. The highest BCUT2D eigenvalue weighted by Gasteiger charge is 2.77. The highest BCUT2D eigenvalue weighted by Crippen LogP contribution is 2.59. The van der Waals surface area contributed by atoms with Crippen LogP contribution >= 0.6 is 0 Å². The summed E-state index contributed by atoms with van der Waals surface area (Å²) in [6.45, 7) is 6.97. The van der Waals surface area contributed by atoms with Crippen LogP contribution in [-0.4, -0.2) is 43.0 Å². The number of esters is 2. The molecule has 0 bridgehead atoms.